The summed E-state index contributed by atoms with van der Waals surface area (Å²) in [6.07, 6.45) is -0.181. The first-order valence-corrected chi connectivity index (χ1v) is 5.26. The molecule has 0 aromatic heterocycles. The first-order chi connectivity index (χ1) is 8.45. The number of benzene rings is 1. The number of ether oxygens (including phenoxy) is 1. The number of rotatable bonds is 5. The number of carboxylic acids is 1. The maximum absolute atomic E-state index is 13.6. The molecular formula is C12H14FNO4. The van der Waals surface area contributed by atoms with E-state index in [1.165, 1.54) is 31.2 Å². The monoisotopic (exact) mass is 255 g/mol. The molecule has 0 fully saturated rings. The van der Waals surface area contributed by atoms with Gasteiger partial charge in [0.05, 0.1) is 19.1 Å². The Balaban J connectivity index is 2.80. The Hall–Kier alpha value is -2.11. The molecular weight excluding hydrogens is 241 g/mol. The van der Waals surface area contributed by atoms with Crippen LogP contribution in [0.4, 0.5) is 4.39 Å². The van der Waals surface area contributed by atoms with Gasteiger partial charge in [0.1, 0.15) is 11.6 Å². The van der Waals surface area contributed by atoms with Crippen LogP contribution >= 0.6 is 0 Å². The largest absolute Gasteiger partial charge is 0.497 e. The number of methoxy groups -OCH3 is 1. The van der Waals surface area contributed by atoms with Crippen LogP contribution in [0.15, 0.2) is 18.2 Å². The number of nitrogens with zero attached hydrogens (tertiary/aromatic N) is 1. The summed E-state index contributed by atoms with van der Waals surface area (Å²) in [4.78, 5) is 23.4. The van der Waals surface area contributed by atoms with Crippen molar-refractivity contribution in [3.05, 3.63) is 29.6 Å². The fourth-order valence-electron chi connectivity index (χ4n) is 1.37. The average molecular weight is 255 g/mol. The Bertz CT molecular complexity index is 461. The predicted molar refractivity (Wildman–Crippen MR) is 62.2 cm³/mol. The molecule has 1 rings (SSSR count). The quantitative estimate of drug-likeness (QED) is 0.863. The molecule has 1 aromatic rings. The maximum atomic E-state index is 13.6. The normalized spacial score (nSPS) is 9.94. The first-order valence-electron chi connectivity index (χ1n) is 5.26. The van der Waals surface area contributed by atoms with Gasteiger partial charge in [0.2, 0.25) is 0 Å². The van der Waals surface area contributed by atoms with Crippen LogP contribution in [0.1, 0.15) is 16.8 Å². The molecule has 98 valence electrons. The van der Waals surface area contributed by atoms with Crippen LogP contribution in [-0.4, -0.2) is 42.6 Å². The number of halogens is 1. The molecule has 1 N–H and O–H groups in total. The standard InChI is InChI=1S/C12H14FNO4/c1-14(6-5-11(15)16)12(17)9-4-3-8(18-2)7-10(9)13/h3-4,7H,5-6H2,1-2H3,(H,15,16). The van der Waals surface area contributed by atoms with Crippen molar-refractivity contribution in [3.63, 3.8) is 0 Å². The van der Waals surface area contributed by atoms with Crippen molar-refractivity contribution >= 4 is 11.9 Å². The summed E-state index contributed by atoms with van der Waals surface area (Å²) in [5.74, 6) is -1.94. The highest BCUT2D eigenvalue weighted by Crippen LogP contribution is 2.17. The molecule has 5 nitrogen and oxygen atoms in total. The SMILES string of the molecule is COc1ccc(C(=O)N(C)CCC(=O)O)c(F)c1. The number of amides is 1. The first kappa shape index (κ1) is 14.0. The van der Waals surface area contributed by atoms with E-state index in [-0.39, 0.29) is 18.5 Å². The van der Waals surface area contributed by atoms with Crippen LogP contribution < -0.4 is 4.74 Å². The maximum Gasteiger partial charge on any atom is 0.305 e. The van der Waals surface area contributed by atoms with Crippen molar-refractivity contribution in [3.8, 4) is 5.75 Å². The fraction of sp³-hybridized carbons (Fsp3) is 0.333. The summed E-state index contributed by atoms with van der Waals surface area (Å²) in [6.45, 7) is 0.0274. The minimum atomic E-state index is -1.01. The van der Waals surface area contributed by atoms with Crippen molar-refractivity contribution < 1.29 is 23.8 Å². The van der Waals surface area contributed by atoms with Gasteiger partial charge in [-0.2, -0.15) is 0 Å². The number of carbonyl (C=O) groups excluding carboxylic acids is 1. The molecule has 0 spiro atoms. The number of hydrogen-bond acceptors (Lipinski definition) is 3. The van der Waals surface area contributed by atoms with Gasteiger partial charge in [0.15, 0.2) is 0 Å². The lowest BCUT2D eigenvalue weighted by atomic mass is 10.1. The van der Waals surface area contributed by atoms with E-state index in [9.17, 15) is 14.0 Å². The van der Waals surface area contributed by atoms with Crippen LogP contribution in [-0.2, 0) is 4.79 Å². The lowest BCUT2D eigenvalue weighted by Crippen LogP contribution is -2.29. The van der Waals surface area contributed by atoms with Gasteiger partial charge in [0, 0.05) is 19.7 Å². The molecule has 18 heavy (non-hydrogen) atoms. The summed E-state index contributed by atoms with van der Waals surface area (Å²) in [6, 6.07) is 3.90. The highest BCUT2D eigenvalue weighted by Gasteiger charge is 2.17. The molecule has 0 radical (unpaired) electrons. The summed E-state index contributed by atoms with van der Waals surface area (Å²) in [5.41, 5.74) is -0.108. The second-order valence-corrected chi connectivity index (χ2v) is 3.72. The molecule has 0 bridgehead atoms. The molecule has 0 atom stereocenters. The van der Waals surface area contributed by atoms with E-state index in [0.717, 1.165) is 6.07 Å². The van der Waals surface area contributed by atoms with Crippen molar-refractivity contribution in [2.75, 3.05) is 20.7 Å². The predicted octanol–water partition coefficient (Wildman–Crippen LogP) is 1.38. The molecule has 0 heterocycles. The molecule has 1 aromatic carbocycles. The van der Waals surface area contributed by atoms with E-state index < -0.39 is 17.7 Å². The zero-order chi connectivity index (χ0) is 13.7. The van der Waals surface area contributed by atoms with Gasteiger partial charge in [0.25, 0.3) is 5.91 Å². The van der Waals surface area contributed by atoms with Crippen molar-refractivity contribution in [1.82, 2.24) is 4.90 Å². The highest BCUT2D eigenvalue weighted by atomic mass is 19.1. The average Bonchev–Trinajstić information content (AvgIpc) is 2.34. The Morgan fingerprint density at radius 1 is 1.44 bits per heavy atom. The second-order valence-electron chi connectivity index (χ2n) is 3.72. The fourth-order valence-corrected chi connectivity index (χ4v) is 1.37. The Labute approximate surface area is 104 Å². The van der Waals surface area contributed by atoms with Crippen LogP contribution in [0.2, 0.25) is 0 Å². The van der Waals surface area contributed by atoms with Gasteiger partial charge in [-0.15, -0.1) is 0 Å². The van der Waals surface area contributed by atoms with Gasteiger partial charge in [-0.25, -0.2) is 4.39 Å². The minimum absolute atomic E-state index is 0.0274. The van der Waals surface area contributed by atoms with Crippen LogP contribution in [0.3, 0.4) is 0 Å². The Morgan fingerprint density at radius 3 is 2.61 bits per heavy atom. The van der Waals surface area contributed by atoms with Gasteiger partial charge in [-0.1, -0.05) is 0 Å². The van der Waals surface area contributed by atoms with E-state index in [4.69, 9.17) is 9.84 Å². The van der Waals surface area contributed by atoms with E-state index in [1.807, 2.05) is 0 Å². The molecule has 6 heteroatoms. The van der Waals surface area contributed by atoms with Gasteiger partial charge in [-0.05, 0) is 12.1 Å². The molecule has 1 amide bonds. The van der Waals surface area contributed by atoms with Crippen molar-refractivity contribution in [2.24, 2.45) is 0 Å². The zero-order valence-corrected chi connectivity index (χ0v) is 10.1. The molecule has 0 saturated heterocycles. The molecule has 0 saturated carbocycles. The van der Waals surface area contributed by atoms with E-state index >= 15 is 0 Å². The summed E-state index contributed by atoms with van der Waals surface area (Å²) in [5, 5.41) is 8.51. The van der Waals surface area contributed by atoms with Crippen LogP contribution in [0, 0.1) is 5.82 Å². The van der Waals surface area contributed by atoms with Crippen molar-refractivity contribution in [1.29, 1.82) is 0 Å². The lowest BCUT2D eigenvalue weighted by molar-refractivity contribution is -0.137. The van der Waals surface area contributed by atoms with Gasteiger partial charge in [-0.3, -0.25) is 9.59 Å². The minimum Gasteiger partial charge on any atom is -0.497 e. The summed E-state index contributed by atoms with van der Waals surface area (Å²) >= 11 is 0. The number of aliphatic carboxylic acids is 1. The molecule has 0 aliphatic carbocycles. The molecule has 0 unspecified atom stereocenters. The van der Waals surface area contributed by atoms with E-state index in [1.54, 1.807) is 0 Å². The topological polar surface area (TPSA) is 66.8 Å². The van der Waals surface area contributed by atoms with Gasteiger partial charge >= 0.3 is 5.97 Å². The number of carbonyl (C=O) groups is 2. The second kappa shape index (κ2) is 6.00. The number of hydrogen-bond donors (Lipinski definition) is 1. The van der Waals surface area contributed by atoms with E-state index in [0.29, 0.717) is 5.75 Å². The van der Waals surface area contributed by atoms with Crippen LogP contribution in [0.25, 0.3) is 0 Å². The molecule has 0 aliphatic heterocycles. The third kappa shape index (κ3) is 3.44. The molecule has 0 aliphatic rings. The highest BCUT2D eigenvalue weighted by molar-refractivity contribution is 5.94. The smallest absolute Gasteiger partial charge is 0.305 e. The summed E-state index contributed by atoms with van der Waals surface area (Å²) < 4.78 is 18.4. The van der Waals surface area contributed by atoms with E-state index in [2.05, 4.69) is 0 Å². The van der Waals surface area contributed by atoms with Gasteiger partial charge < -0.3 is 14.7 Å². The van der Waals surface area contributed by atoms with Crippen LogP contribution in [0.5, 0.6) is 5.75 Å². The third-order valence-corrected chi connectivity index (χ3v) is 2.41. The Kier molecular flexibility index (Phi) is 4.65. The van der Waals surface area contributed by atoms with Crippen molar-refractivity contribution in [2.45, 2.75) is 6.42 Å². The number of carboxylic acid groups (broad SMARTS) is 1. The lowest BCUT2D eigenvalue weighted by Gasteiger charge is -2.16. The third-order valence-electron chi connectivity index (χ3n) is 2.41. The Morgan fingerprint density at radius 2 is 2.11 bits per heavy atom. The zero-order valence-electron chi connectivity index (χ0n) is 10.1. The summed E-state index contributed by atoms with van der Waals surface area (Å²) in [7, 11) is 2.82.